The third-order valence-electron chi connectivity index (χ3n) is 2.46. The first-order chi connectivity index (χ1) is 8.69. The van der Waals surface area contributed by atoms with Crippen LogP contribution in [0.15, 0.2) is 30.5 Å². The van der Waals surface area contributed by atoms with E-state index in [9.17, 15) is 4.79 Å². The third kappa shape index (κ3) is 3.07. The summed E-state index contributed by atoms with van der Waals surface area (Å²) in [7, 11) is 1.63. The number of aromatic nitrogens is 1. The first-order valence-corrected chi connectivity index (χ1v) is 6.34. The van der Waals surface area contributed by atoms with E-state index in [0.29, 0.717) is 11.4 Å². The molecule has 2 rings (SSSR count). The maximum absolute atomic E-state index is 11.8. The number of methoxy groups -OCH3 is 1. The summed E-state index contributed by atoms with van der Waals surface area (Å²) in [6.45, 7) is 2.38. The van der Waals surface area contributed by atoms with Crippen LogP contribution in [0.25, 0.3) is 0 Å². The number of nitrogens with zero attached hydrogens (tertiary/aromatic N) is 1. The molecule has 0 atom stereocenters. The van der Waals surface area contributed by atoms with Gasteiger partial charge in [0.25, 0.3) is 5.91 Å². The van der Waals surface area contributed by atoms with E-state index >= 15 is 0 Å². The number of amides is 1. The van der Waals surface area contributed by atoms with E-state index in [-0.39, 0.29) is 5.91 Å². The lowest BCUT2D eigenvalue weighted by atomic mass is 10.2. The van der Waals surface area contributed by atoms with Gasteiger partial charge in [-0.15, -0.1) is 11.3 Å². The molecule has 0 spiro atoms. The maximum Gasteiger partial charge on any atom is 0.263 e. The minimum absolute atomic E-state index is 0.0866. The molecule has 0 unspecified atom stereocenters. The molecule has 5 heteroatoms. The number of rotatable bonds is 4. The van der Waals surface area contributed by atoms with Crippen LogP contribution in [0.1, 0.15) is 20.2 Å². The second kappa shape index (κ2) is 5.64. The fraction of sp³-hybridized carbons (Fsp3) is 0.231. The molecule has 0 saturated carbocycles. The topological polar surface area (TPSA) is 51.2 Å². The van der Waals surface area contributed by atoms with Crippen LogP contribution >= 0.6 is 11.3 Å². The molecular weight excluding hydrogens is 248 g/mol. The van der Waals surface area contributed by atoms with E-state index in [2.05, 4.69) is 10.3 Å². The first-order valence-electron chi connectivity index (χ1n) is 5.52. The molecule has 1 aromatic heterocycles. The van der Waals surface area contributed by atoms with Gasteiger partial charge >= 0.3 is 0 Å². The van der Waals surface area contributed by atoms with Crippen LogP contribution in [-0.4, -0.2) is 18.0 Å². The Morgan fingerprint density at radius 1 is 1.39 bits per heavy atom. The fourth-order valence-corrected chi connectivity index (χ4v) is 2.17. The Kier molecular flexibility index (Phi) is 3.94. The molecule has 1 heterocycles. The van der Waals surface area contributed by atoms with Crippen LogP contribution in [0.5, 0.6) is 5.75 Å². The number of carbonyl (C=O) groups is 1. The molecule has 4 nitrogen and oxygen atoms in total. The van der Waals surface area contributed by atoms with Crippen LogP contribution < -0.4 is 10.1 Å². The molecule has 0 aliphatic rings. The molecule has 0 bridgehead atoms. The van der Waals surface area contributed by atoms with Crippen molar-refractivity contribution in [1.29, 1.82) is 0 Å². The lowest BCUT2D eigenvalue weighted by molar-refractivity contribution is 0.0955. The van der Waals surface area contributed by atoms with Gasteiger partial charge in [0.2, 0.25) is 0 Å². The molecule has 0 aliphatic heterocycles. The number of thiazole rings is 1. The van der Waals surface area contributed by atoms with Gasteiger partial charge in [-0.1, -0.05) is 12.1 Å². The molecule has 0 fully saturated rings. The maximum atomic E-state index is 11.8. The molecule has 0 aliphatic carbocycles. The molecule has 1 aromatic carbocycles. The van der Waals surface area contributed by atoms with Crippen LogP contribution in [0.4, 0.5) is 0 Å². The summed E-state index contributed by atoms with van der Waals surface area (Å²) in [5.74, 6) is 0.722. The normalized spacial score (nSPS) is 10.1. The van der Waals surface area contributed by atoms with Crippen molar-refractivity contribution in [2.24, 2.45) is 0 Å². The quantitative estimate of drug-likeness (QED) is 0.920. The summed E-state index contributed by atoms with van der Waals surface area (Å²) in [6.07, 6.45) is 1.60. The van der Waals surface area contributed by atoms with Gasteiger partial charge in [0.05, 0.1) is 18.3 Å². The van der Waals surface area contributed by atoms with Gasteiger partial charge in [0.15, 0.2) is 0 Å². The van der Waals surface area contributed by atoms with E-state index in [1.54, 1.807) is 13.3 Å². The zero-order chi connectivity index (χ0) is 13.0. The van der Waals surface area contributed by atoms with E-state index in [4.69, 9.17) is 4.74 Å². The van der Waals surface area contributed by atoms with Crippen molar-refractivity contribution in [1.82, 2.24) is 10.3 Å². The highest BCUT2D eigenvalue weighted by Gasteiger charge is 2.08. The average Bonchev–Trinajstić information content (AvgIpc) is 2.83. The zero-order valence-corrected chi connectivity index (χ0v) is 11.1. The van der Waals surface area contributed by atoms with Crippen LogP contribution in [0, 0.1) is 6.92 Å². The second-order valence-corrected chi connectivity index (χ2v) is 5.01. The second-order valence-electron chi connectivity index (χ2n) is 3.77. The SMILES string of the molecule is COc1ccc(CNC(=O)c2cnc(C)s2)cc1. The van der Waals surface area contributed by atoms with Crippen molar-refractivity contribution in [2.75, 3.05) is 7.11 Å². The lowest BCUT2D eigenvalue weighted by Gasteiger charge is -2.04. The summed E-state index contributed by atoms with van der Waals surface area (Å²) >= 11 is 1.39. The Bertz CT molecular complexity index is 534. The Morgan fingerprint density at radius 2 is 2.11 bits per heavy atom. The summed E-state index contributed by atoms with van der Waals surface area (Å²) in [4.78, 5) is 16.5. The molecule has 1 amide bonds. The van der Waals surface area contributed by atoms with Gasteiger partial charge in [-0.3, -0.25) is 4.79 Å². The molecular formula is C13H14N2O2S. The number of nitrogens with one attached hydrogen (secondary N) is 1. The molecule has 1 N–H and O–H groups in total. The van der Waals surface area contributed by atoms with Gasteiger partial charge in [-0.25, -0.2) is 4.98 Å². The minimum atomic E-state index is -0.0866. The van der Waals surface area contributed by atoms with Gasteiger partial charge in [0.1, 0.15) is 10.6 Å². The van der Waals surface area contributed by atoms with Crippen molar-refractivity contribution in [3.05, 3.63) is 45.9 Å². The molecule has 0 radical (unpaired) electrons. The average molecular weight is 262 g/mol. The van der Waals surface area contributed by atoms with Crippen LogP contribution in [0.2, 0.25) is 0 Å². The predicted octanol–water partition coefficient (Wildman–Crippen LogP) is 2.39. The standard InChI is InChI=1S/C13H14N2O2S/c1-9-14-8-12(18-9)13(16)15-7-10-3-5-11(17-2)6-4-10/h3-6,8H,7H2,1-2H3,(H,15,16). The number of aryl methyl sites for hydroxylation is 1. The van der Waals surface area contributed by atoms with Gasteiger partial charge in [-0.05, 0) is 24.6 Å². The highest BCUT2D eigenvalue weighted by atomic mass is 32.1. The monoisotopic (exact) mass is 262 g/mol. The highest BCUT2D eigenvalue weighted by molar-refractivity contribution is 7.13. The number of hydrogen-bond donors (Lipinski definition) is 1. The van der Waals surface area contributed by atoms with Crippen LogP contribution in [0.3, 0.4) is 0 Å². The summed E-state index contributed by atoms with van der Waals surface area (Å²) < 4.78 is 5.07. The van der Waals surface area contributed by atoms with Crippen molar-refractivity contribution in [3.63, 3.8) is 0 Å². The number of hydrogen-bond acceptors (Lipinski definition) is 4. The largest absolute Gasteiger partial charge is 0.497 e. The molecule has 94 valence electrons. The van der Waals surface area contributed by atoms with Crippen molar-refractivity contribution < 1.29 is 9.53 Å². The molecule has 0 saturated heterocycles. The predicted molar refractivity (Wildman–Crippen MR) is 71.0 cm³/mol. The Labute approximate surface area is 110 Å². The Hall–Kier alpha value is -1.88. The van der Waals surface area contributed by atoms with Gasteiger partial charge in [0, 0.05) is 6.54 Å². The molecule has 2 aromatic rings. The minimum Gasteiger partial charge on any atom is -0.497 e. The van der Waals surface area contributed by atoms with Crippen LogP contribution in [-0.2, 0) is 6.54 Å². The number of ether oxygens (including phenoxy) is 1. The van der Waals surface area contributed by atoms with Crippen molar-refractivity contribution in [2.45, 2.75) is 13.5 Å². The van der Waals surface area contributed by atoms with Gasteiger partial charge in [-0.2, -0.15) is 0 Å². The highest BCUT2D eigenvalue weighted by Crippen LogP contribution is 2.13. The van der Waals surface area contributed by atoms with E-state index in [1.165, 1.54) is 11.3 Å². The van der Waals surface area contributed by atoms with Gasteiger partial charge < -0.3 is 10.1 Å². The summed E-state index contributed by atoms with van der Waals surface area (Å²) in [5, 5.41) is 3.75. The zero-order valence-electron chi connectivity index (χ0n) is 10.3. The van der Waals surface area contributed by atoms with E-state index in [1.807, 2.05) is 31.2 Å². The number of benzene rings is 1. The summed E-state index contributed by atoms with van der Waals surface area (Å²) in [5.41, 5.74) is 1.03. The summed E-state index contributed by atoms with van der Waals surface area (Å²) in [6, 6.07) is 7.60. The van der Waals surface area contributed by atoms with Crippen molar-refractivity contribution in [3.8, 4) is 5.75 Å². The van der Waals surface area contributed by atoms with E-state index < -0.39 is 0 Å². The Balaban J connectivity index is 1.92. The first kappa shape index (κ1) is 12.6. The lowest BCUT2D eigenvalue weighted by Crippen LogP contribution is -2.21. The fourth-order valence-electron chi connectivity index (χ4n) is 1.48. The van der Waals surface area contributed by atoms with E-state index in [0.717, 1.165) is 16.3 Å². The number of carbonyl (C=O) groups excluding carboxylic acids is 1. The molecule has 18 heavy (non-hydrogen) atoms. The third-order valence-corrected chi connectivity index (χ3v) is 3.37. The Morgan fingerprint density at radius 3 is 2.67 bits per heavy atom. The van der Waals surface area contributed by atoms with Crippen molar-refractivity contribution >= 4 is 17.2 Å². The smallest absolute Gasteiger partial charge is 0.263 e.